The summed E-state index contributed by atoms with van der Waals surface area (Å²) in [6, 6.07) is 0. The number of esters is 4. The Morgan fingerprint density at radius 2 is 1.38 bits per heavy atom. The lowest BCUT2D eigenvalue weighted by Gasteiger charge is -2.44. The summed E-state index contributed by atoms with van der Waals surface area (Å²) in [5.41, 5.74) is 0. The zero-order valence-corrected chi connectivity index (χ0v) is 19.7. The van der Waals surface area contributed by atoms with Gasteiger partial charge < -0.3 is 33.7 Å². The van der Waals surface area contributed by atoms with Crippen LogP contribution in [0.1, 0.15) is 53.9 Å². The number of ether oxygens (including phenoxy) is 6. The standard InChI is InChI=1S/C20H31NO10S/c1-6-7-8-9-26-20(32)21-19-18(30-14(5)25)17(29-13(4)24)16(28-12(3)23)15(31-19)10-27-11(2)22/h15-19H,6-10H2,1-5H3,(H,21,32)/t15-,16-,17+,18-,19-/m1/s1. The van der Waals surface area contributed by atoms with Gasteiger partial charge in [-0.25, -0.2) is 0 Å². The van der Waals surface area contributed by atoms with Crippen LogP contribution in [0.4, 0.5) is 0 Å². The van der Waals surface area contributed by atoms with Gasteiger partial charge in [0, 0.05) is 27.7 Å². The van der Waals surface area contributed by atoms with E-state index in [2.05, 4.69) is 5.32 Å². The molecule has 5 atom stereocenters. The average molecular weight is 478 g/mol. The Kier molecular flexibility index (Phi) is 11.9. The number of thiocarbonyl (C=S) groups is 1. The average Bonchev–Trinajstić information content (AvgIpc) is 2.67. The van der Waals surface area contributed by atoms with Crippen molar-refractivity contribution in [2.24, 2.45) is 0 Å². The number of hydrogen-bond acceptors (Lipinski definition) is 11. The summed E-state index contributed by atoms with van der Waals surface area (Å²) in [6.45, 7) is 6.75. The van der Waals surface area contributed by atoms with E-state index in [1.807, 2.05) is 6.92 Å². The third-order valence-corrected chi connectivity index (χ3v) is 4.47. The third-order valence-electron chi connectivity index (χ3n) is 4.23. The number of nitrogens with one attached hydrogen (secondary N) is 1. The highest BCUT2D eigenvalue weighted by Crippen LogP contribution is 2.28. The van der Waals surface area contributed by atoms with Crippen LogP contribution >= 0.6 is 12.2 Å². The molecule has 1 rings (SSSR count). The van der Waals surface area contributed by atoms with Crippen LogP contribution in [0.2, 0.25) is 0 Å². The summed E-state index contributed by atoms with van der Waals surface area (Å²) >= 11 is 5.19. The molecule has 0 aromatic heterocycles. The summed E-state index contributed by atoms with van der Waals surface area (Å²) in [7, 11) is 0. The van der Waals surface area contributed by atoms with E-state index < -0.39 is 54.5 Å². The highest BCUT2D eigenvalue weighted by molar-refractivity contribution is 7.80. The number of hydrogen-bond donors (Lipinski definition) is 1. The Morgan fingerprint density at radius 3 is 1.91 bits per heavy atom. The van der Waals surface area contributed by atoms with Crippen LogP contribution in [-0.4, -0.2) is 72.9 Å². The van der Waals surface area contributed by atoms with Crippen molar-refractivity contribution >= 4 is 41.3 Å². The van der Waals surface area contributed by atoms with Crippen molar-refractivity contribution in [3.63, 3.8) is 0 Å². The van der Waals surface area contributed by atoms with Gasteiger partial charge in [0.2, 0.25) is 0 Å². The first kappa shape index (κ1) is 27.6. The Morgan fingerprint density at radius 1 is 0.812 bits per heavy atom. The van der Waals surface area contributed by atoms with Crippen molar-refractivity contribution in [3.05, 3.63) is 0 Å². The fraction of sp³-hybridized carbons (Fsp3) is 0.750. The zero-order valence-electron chi connectivity index (χ0n) is 18.9. The second kappa shape index (κ2) is 13.8. The molecular weight excluding hydrogens is 446 g/mol. The molecule has 1 N–H and O–H groups in total. The Balaban J connectivity index is 3.18. The minimum Gasteiger partial charge on any atom is -0.471 e. The fourth-order valence-electron chi connectivity index (χ4n) is 3.02. The first-order valence-corrected chi connectivity index (χ1v) is 10.7. The minimum atomic E-state index is -1.27. The number of carbonyl (C=O) groups excluding carboxylic acids is 4. The first-order chi connectivity index (χ1) is 15.0. The molecule has 1 aliphatic heterocycles. The molecule has 32 heavy (non-hydrogen) atoms. The van der Waals surface area contributed by atoms with Crippen molar-refractivity contribution in [1.29, 1.82) is 0 Å². The van der Waals surface area contributed by atoms with Crippen LogP contribution in [-0.2, 0) is 47.6 Å². The van der Waals surface area contributed by atoms with Crippen molar-refractivity contribution in [2.75, 3.05) is 13.2 Å². The molecule has 0 bridgehead atoms. The highest BCUT2D eigenvalue weighted by atomic mass is 32.1. The lowest BCUT2D eigenvalue weighted by Crippen LogP contribution is -2.66. The smallest absolute Gasteiger partial charge is 0.303 e. The second-order valence-electron chi connectivity index (χ2n) is 7.11. The second-order valence-corrected chi connectivity index (χ2v) is 7.48. The summed E-state index contributed by atoms with van der Waals surface area (Å²) in [4.78, 5) is 46.6. The molecule has 0 unspecified atom stereocenters. The molecule has 182 valence electrons. The van der Waals surface area contributed by atoms with Gasteiger partial charge in [0.1, 0.15) is 12.7 Å². The van der Waals surface area contributed by atoms with E-state index >= 15 is 0 Å². The molecule has 12 heteroatoms. The summed E-state index contributed by atoms with van der Waals surface area (Å²) < 4.78 is 32.3. The largest absolute Gasteiger partial charge is 0.471 e. The van der Waals surface area contributed by atoms with Gasteiger partial charge in [-0.2, -0.15) is 0 Å². The molecule has 0 amide bonds. The van der Waals surface area contributed by atoms with E-state index in [4.69, 9.17) is 40.6 Å². The molecule has 0 radical (unpaired) electrons. The van der Waals surface area contributed by atoms with Crippen LogP contribution in [0.3, 0.4) is 0 Å². The van der Waals surface area contributed by atoms with E-state index in [1.165, 1.54) is 6.92 Å². The normalized spacial score (nSPS) is 24.6. The SMILES string of the molecule is CCCCCOC(=S)N[C@@H]1O[C@H](COC(C)=O)[C@@H](OC(C)=O)[C@H](OC(C)=O)[C@H]1OC(C)=O. The van der Waals surface area contributed by atoms with Crippen molar-refractivity contribution in [2.45, 2.75) is 84.5 Å². The molecule has 1 heterocycles. The maximum Gasteiger partial charge on any atom is 0.303 e. The Labute approximate surface area is 192 Å². The molecule has 0 aliphatic carbocycles. The van der Waals surface area contributed by atoms with Gasteiger partial charge in [-0.3, -0.25) is 19.2 Å². The maximum absolute atomic E-state index is 11.8. The van der Waals surface area contributed by atoms with Crippen LogP contribution < -0.4 is 5.32 Å². The van der Waals surface area contributed by atoms with Gasteiger partial charge in [-0.15, -0.1) is 0 Å². The highest BCUT2D eigenvalue weighted by Gasteiger charge is 2.52. The fourth-order valence-corrected chi connectivity index (χ4v) is 3.22. The molecule has 11 nitrogen and oxygen atoms in total. The molecule has 0 spiro atoms. The third kappa shape index (κ3) is 9.77. The molecule has 1 saturated heterocycles. The van der Waals surface area contributed by atoms with Crippen LogP contribution in [0.15, 0.2) is 0 Å². The Hall–Kier alpha value is -2.47. The minimum absolute atomic E-state index is 0.0259. The van der Waals surface area contributed by atoms with Crippen LogP contribution in [0.5, 0.6) is 0 Å². The van der Waals surface area contributed by atoms with E-state index in [1.54, 1.807) is 0 Å². The van der Waals surface area contributed by atoms with E-state index in [-0.39, 0.29) is 11.8 Å². The van der Waals surface area contributed by atoms with Gasteiger partial charge >= 0.3 is 23.9 Å². The topological polar surface area (TPSA) is 136 Å². The molecule has 1 aliphatic rings. The van der Waals surface area contributed by atoms with Gasteiger partial charge in [0.15, 0.2) is 24.5 Å². The van der Waals surface area contributed by atoms with Crippen molar-refractivity contribution in [1.82, 2.24) is 5.32 Å². The van der Waals surface area contributed by atoms with Gasteiger partial charge in [0.25, 0.3) is 5.17 Å². The predicted octanol–water partition coefficient (Wildman–Crippen LogP) is 1.15. The predicted molar refractivity (Wildman–Crippen MR) is 113 cm³/mol. The molecule has 0 aromatic carbocycles. The first-order valence-electron chi connectivity index (χ1n) is 10.3. The van der Waals surface area contributed by atoms with E-state index in [0.717, 1.165) is 40.0 Å². The molecule has 1 fully saturated rings. The van der Waals surface area contributed by atoms with E-state index in [9.17, 15) is 19.2 Å². The molecule has 0 saturated carbocycles. The van der Waals surface area contributed by atoms with Crippen molar-refractivity contribution in [3.8, 4) is 0 Å². The van der Waals surface area contributed by atoms with Crippen LogP contribution in [0.25, 0.3) is 0 Å². The number of carbonyl (C=O) groups is 4. The molecular formula is C20H31NO10S. The molecule has 0 aromatic rings. The quantitative estimate of drug-likeness (QED) is 0.209. The summed E-state index contributed by atoms with van der Waals surface area (Å²) in [5.74, 6) is -2.71. The van der Waals surface area contributed by atoms with Gasteiger partial charge in [0.05, 0.1) is 6.61 Å². The van der Waals surface area contributed by atoms with E-state index in [0.29, 0.717) is 6.61 Å². The summed E-state index contributed by atoms with van der Waals surface area (Å²) in [5, 5.41) is 2.76. The van der Waals surface area contributed by atoms with Gasteiger partial charge in [-0.1, -0.05) is 19.8 Å². The zero-order chi connectivity index (χ0) is 24.3. The lowest BCUT2D eigenvalue weighted by molar-refractivity contribution is -0.255. The summed E-state index contributed by atoms with van der Waals surface area (Å²) in [6.07, 6.45) is -3.19. The van der Waals surface area contributed by atoms with Crippen molar-refractivity contribution < 1.29 is 47.6 Å². The monoisotopic (exact) mass is 477 g/mol. The van der Waals surface area contributed by atoms with Crippen LogP contribution in [0, 0.1) is 0 Å². The number of unbranched alkanes of at least 4 members (excludes halogenated alkanes) is 2. The maximum atomic E-state index is 11.8. The van der Waals surface area contributed by atoms with Gasteiger partial charge in [-0.05, 0) is 18.6 Å². The number of rotatable bonds is 10. The Bertz CT molecular complexity index is 685. The lowest BCUT2D eigenvalue weighted by atomic mass is 9.97.